The molecule has 1 aromatic heterocycles. The van der Waals surface area contributed by atoms with E-state index >= 15 is 0 Å². The van der Waals surface area contributed by atoms with Crippen LogP contribution in [0.15, 0.2) is 4.21 Å². The van der Waals surface area contributed by atoms with E-state index in [1.54, 1.807) is 6.92 Å². The molecule has 1 aliphatic carbocycles. The van der Waals surface area contributed by atoms with E-state index in [2.05, 4.69) is 16.6 Å². The van der Waals surface area contributed by atoms with Crippen LogP contribution < -0.4 is 10.5 Å². The molecule has 1 aromatic rings. The third-order valence-corrected chi connectivity index (χ3v) is 6.26. The van der Waals surface area contributed by atoms with Crippen molar-refractivity contribution in [2.75, 3.05) is 12.3 Å². The number of thiazole rings is 1. The fourth-order valence-electron chi connectivity index (χ4n) is 1.94. The van der Waals surface area contributed by atoms with Gasteiger partial charge in [0.2, 0.25) is 0 Å². The smallest absolute Gasteiger partial charge is 0.252 e. The van der Waals surface area contributed by atoms with Crippen molar-refractivity contribution >= 4 is 26.5 Å². The molecule has 0 spiro atoms. The highest BCUT2D eigenvalue weighted by Gasteiger charge is 2.33. The fourth-order valence-corrected chi connectivity index (χ4v) is 4.49. The molecule has 0 radical (unpaired) electrons. The molecule has 1 saturated carbocycles. The average Bonchev–Trinajstić information content (AvgIpc) is 2.53. The van der Waals surface area contributed by atoms with Crippen LogP contribution in [0.1, 0.15) is 31.9 Å². The molecule has 0 aliphatic heterocycles. The lowest BCUT2D eigenvalue weighted by Crippen LogP contribution is -2.39. The monoisotopic (exact) mass is 275 g/mol. The number of sulfonamides is 1. The van der Waals surface area contributed by atoms with Crippen molar-refractivity contribution in [3.63, 3.8) is 0 Å². The summed E-state index contributed by atoms with van der Waals surface area (Å²) in [6.07, 6.45) is 3.35. The molecule has 5 nitrogen and oxygen atoms in total. The molecule has 0 atom stereocenters. The average molecular weight is 275 g/mol. The standard InChI is InChI=1S/C10H17N3O2S2/c1-7-8(16-9(11)13-7)17(14,15)12-6-10(2)4-3-5-10/h12H,3-6H2,1-2H3,(H2,11,13). The Bertz CT molecular complexity index is 518. The number of nitrogen functional groups attached to an aromatic ring is 1. The first-order valence-corrected chi connectivity index (χ1v) is 7.85. The number of anilines is 1. The Morgan fingerprint density at radius 1 is 1.53 bits per heavy atom. The molecular formula is C10H17N3O2S2. The summed E-state index contributed by atoms with van der Waals surface area (Å²) in [5.74, 6) is 0. The summed E-state index contributed by atoms with van der Waals surface area (Å²) < 4.78 is 27.0. The Kier molecular flexibility index (Phi) is 3.17. The van der Waals surface area contributed by atoms with Crippen molar-refractivity contribution in [3.05, 3.63) is 5.69 Å². The zero-order valence-corrected chi connectivity index (χ0v) is 11.6. The second kappa shape index (κ2) is 4.22. The lowest BCUT2D eigenvalue weighted by Gasteiger charge is -2.38. The van der Waals surface area contributed by atoms with Crippen LogP contribution in [-0.4, -0.2) is 19.9 Å². The SMILES string of the molecule is Cc1nc(N)sc1S(=O)(=O)NCC1(C)CCC1. The van der Waals surface area contributed by atoms with Gasteiger partial charge < -0.3 is 5.73 Å². The number of hydrogen-bond acceptors (Lipinski definition) is 5. The molecular weight excluding hydrogens is 258 g/mol. The van der Waals surface area contributed by atoms with Gasteiger partial charge in [0, 0.05) is 6.54 Å². The summed E-state index contributed by atoms with van der Waals surface area (Å²) in [4.78, 5) is 3.93. The van der Waals surface area contributed by atoms with Gasteiger partial charge in [0.25, 0.3) is 10.0 Å². The van der Waals surface area contributed by atoms with Gasteiger partial charge in [0.15, 0.2) is 9.34 Å². The highest BCUT2D eigenvalue weighted by atomic mass is 32.2. The Labute approximate surface area is 105 Å². The highest BCUT2D eigenvalue weighted by molar-refractivity contribution is 7.91. The van der Waals surface area contributed by atoms with Gasteiger partial charge in [-0.05, 0) is 25.2 Å². The molecule has 0 unspecified atom stereocenters. The summed E-state index contributed by atoms with van der Waals surface area (Å²) >= 11 is 1.01. The van der Waals surface area contributed by atoms with Crippen molar-refractivity contribution in [2.24, 2.45) is 5.41 Å². The second-order valence-corrected chi connectivity index (χ2v) is 7.91. The van der Waals surface area contributed by atoms with Crippen LogP contribution in [0.3, 0.4) is 0 Å². The first kappa shape index (κ1) is 12.8. The first-order valence-electron chi connectivity index (χ1n) is 5.55. The normalized spacial score (nSPS) is 18.9. The fraction of sp³-hybridized carbons (Fsp3) is 0.700. The number of aromatic nitrogens is 1. The molecule has 0 bridgehead atoms. The Balaban J connectivity index is 2.11. The van der Waals surface area contributed by atoms with E-state index in [0.717, 1.165) is 24.2 Å². The van der Waals surface area contributed by atoms with E-state index in [1.165, 1.54) is 6.42 Å². The van der Waals surface area contributed by atoms with Crippen molar-refractivity contribution in [2.45, 2.75) is 37.3 Å². The van der Waals surface area contributed by atoms with E-state index in [1.807, 2.05) is 0 Å². The predicted molar refractivity (Wildman–Crippen MR) is 68.4 cm³/mol. The van der Waals surface area contributed by atoms with Gasteiger partial charge in [-0.1, -0.05) is 24.7 Å². The Morgan fingerprint density at radius 3 is 2.59 bits per heavy atom. The number of hydrogen-bond donors (Lipinski definition) is 2. The second-order valence-electron chi connectivity index (χ2n) is 4.91. The summed E-state index contributed by atoms with van der Waals surface area (Å²) in [6, 6.07) is 0. The van der Waals surface area contributed by atoms with E-state index in [9.17, 15) is 8.42 Å². The number of nitrogens with zero attached hydrogens (tertiary/aromatic N) is 1. The topological polar surface area (TPSA) is 85.1 Å². The number of rotatable bonds is 4. The first-order chi connectivity index (χ1) is 7.82. The molecule has 0 amide bonds. The third-order valence-electron chi connectivity index (χ3n) is 3.26. The molecule has 0 aromatic carbocycles. The Morgan fingerprint density at radius 2 is 2.18 bits per heavy atom. The molecule has 0 saturated heterocycles. The van der Waals surface area contributed by atoms with Crippen LogP contribution in [0.5, 0.6) is 0 Å². The van der Waals surface area contributed by atoms with Crippen LogP contribution in [0.25, 0.3) is 0 Å². The molecule has 17 heavy (non-hydrogen) atoms. The minimum Gasteiger partial charge on any atom is -0.375 e. The van der Waals surface area contributed by atoms with Gasteiger partial charge in [0.1, 0.15) is 0 Å². The quantitative estimate of drug-likeness (QED) is 0.872. The summed E-state index contributed by atoms with van der Waals surface area (Å²) in [5, 5.41) is 0.290. The number of nitrogens with two attached hydrogens (primary N) is 1. The maximum absolute atomic E-state index is 12.1. The van der Waals surface area contributed by atoms with Crippen LogP contribution in [0.4, 0.5) is 5.13 Å². The molecule has 2 rings (SSSR count). The minimum atomic E-state index is -3.45. The van der Waals surface area contributed by atoms with Crippen LogP contribution in [-0.2, 0) is 10.0 Å². The summed E-state index contributed by atoms with van der Waals surface area (Å²) in [5.41, 5.74) is 6.10. The van der Waals surface area contributed by atoms with Crippen molar-refractivity contribution in [1.29, 1.82) is 0 Å². The van der Waals surface area contributed by atoms with Crippen LogP contribution in [0, 0.1) is 12.3 Å². The molecule has 7 heteroatoms. The van der Waals surface area contributed by atoms with E-state index in [0.29, 0.717) is 12.2 Å². The molecule has 1 fully saturated rings. The Hall–Kier alpha value is -0.660. The van der Waals surface area contributed by atoms with E-state index in [-0.39, 0.29) is 14.8 Å². The lowest BCUT2D eigenvalue weighted by molar-refractivity contribution is 0.166. The molecule has 1 heterocycles. The van der Waals surface area contributed by atoms with Crippen LogP contribution in [0.2, 0.25) is 0 Å². The van der Waals surface area contributed by atoms with E-state index < -0.39 is 10.0 Å². The summed E-state index contributed by atoms with van der Waals surface area (Å²) in [6.45, 7) is 4.26. The number of aryl methyl sites for hydroxylation is 1. The van der Waals surface area contributed by atoms with E-state index in [4.69, 9.17) is 5.73 Å². The third kappa shape index (κ3) is 2.61. The van der Waals surface area contributed by atoms with Gasteiger partial charge in [-0.15, -0.1) is 0 Å². The number of nitrogens with one attached hydrogen (secondary N) is 1. The zero-order valence-electron chi connectivity index (χ0n) is 9.99. The van der Waals surface area contributed by atoms with Crippen molar-refractivity contribution in [1.82, 2.24) is 9.71 Å². The predicted octanol–water partition coefficient (Wildman–Crippen LogP) is 1.50. The van der Waals surface area contributed by atoms with Crippen molar-refractivity contribution < 1.29 is 8.42 Å². The lowest BCUT2D eigenvalue weighted by atomic mass is 9.71. The maximum Gasteiger partial charge on any atom is 0.252 e. The van der Waals surface area contributed by atoms with Gasteiger partial charge in [-0.3, -0.25) is 0 Å². The highest BCUT2D eigenvalue weighted by Crippen LogP contribution is 2.39. The zero-order chi connectivity index (χ0) is 12.7. The van der Waals surface area contributed by atoms with Gasteiger partial charge in [-0.2, -0.15) is 0 Å². The van der Waals surface area contributed by atoms with Gasteiger partial charge in [0.05, 0.1) is 5.69 Å². The summed E-state index contributed by atoms with van der Waals surface area (Å²) in [7, 11) is -3.45. The largest absolute Gasteiger partial charge is 0.375 e. The molecule has 96 valence electrons. The molecule has 3 N–H and O–H groups in total. The van der Waals surface area contributed by atoms with Gasteiger partial charge in [-0.25, -0.2) is 18.1 Å². The minimum absolute atomic E-state index is 0.122. The maximum atomic E-state index is 12.1. The van der Waals surface area contributed by atoms with Crippen LogP contribution >= 0.6 is 11.3 Å². The van der Waals surface area contributed by atoms with Crippen molar-refractivity contribution in [3.8, 4) is 0 Å². The van der Waals surface area contributed by atoms with Gasteiger partial charge >= 0.3 is 0 Å². The molecule has 1 aliphatic rings.